The highest BCUT2D eigenvalue weighted by Gasteiger charge is 2.26. The van der Waals surface area contributed by atoms with E-state index in [-0.39, 0.29) is 0 Å². The fraction of sp³-hybridized carbons (Fsp3) is 0.292. The molecule has 0 aliphatic heterocycles. The molecule has 0 N–H and O–H groups in total. The molecule has 2 aromatic carbocycles. The van der Waals surface area contributed by atoms with E-state index < -0.39 is 0 Å². The van der Waals surface area contributed by atoms with Crippen LogP contribution in [0.3, 0.4) is 0 Å². The highest BCUT2D eigenvalue weighted by molar-refractivity contribution is 5.69. The van der Waals surface area contributed by atoms with Crippen LogP contribution in [-0.2, 0) is 0 Å². The number of hydrogen-bond donors (Lipinski definition) is 0. The zero-order valence-corrected chi connectivity index (χ0v) is 15.7. The molecule has 1 aromatic heterocycles. The summed E-state index contributed by atoms with van der Waals surface area (Å²) in [6.45, 7) is 9.16. The van der Waals surface area contributed by atoms with Crippen molar-refractivity contribution in [1.29, 1.82) is 0 Å². The average Bonchev–Trinajstić information content (AvgIpc) is 2.67. The molecule has 0 spiro atoms. The van der Waals surface area contributed by atoms with E-state index in [2.05, 4.69) is 105 Å². The molecule has 1 atom stereocenters. The van der Waals surface area contributed by atoms with Gasteiger partial charge in [0.1, 0.15) is 0 Å². The molecule has 0 saturated heterocycles. The minimum absolute atomic E-state index is 0.470. The summed E-state index contributed by atoms with van der Waals surface area (Å²) in [4.78, 5) is 0. The van der Waals surface area contributed by atoms with Crippen LogP contribution in [0.5, 0.6) is 0 Å². The Morgan fingerprint density at radius 3 is 1.80 bits per heavy atom. The van der Waals surface area contributed by atoms with Crippen LogP contribution in [0.4, 0.5) is 0 Å². The van der Waals surface area contributed by atoms with Crippen molar-refractivity contribution in [2.45, 2.75) is 46.1 Å². The largest absolute Gasteiger partial charge is 0.213 e. The van der Waals surface area contributed by atoms with Gasteiger partial charge in [-0.3, -0.25) is 0 Å². The van der Waals surface area contributed by atoms with Gasteiger partial charge in [0.25, 0.3) is 0 Å². The maximum absolute atomic E-state index is 2.53. The lowest BCUT2D eigenvalue weighted by molar-refractivity contribution is -0.717. The Morgan fingerprint density at radius 1 is 0.720 bits per heavy atom. The van der Waals surface area contributed by atoms with Gasteiger partial charge in [0.2, 0.25) is 5.69 Å². The Kier molecular flexibility index (Phi) is 5.33. The van der Waals surface area contributed by atoms with Crippen LogP contribution in [0.25, 0.3) is 22.4 Å². The molecule has 0 saturated carbocycles. The highest BCUT2D eigenvalue weighted by Crippen LogP contribution is 2.29. The maximum Gasteiger partial charge on any atom is 0.213 e. The summed E-state index contributed by atoms with van der Waals surface area (Å²) in [5.41, 5.74) is 6.55. The fourth-order valence-corrected chi connectivity index (χ4v) is 3.37. The molecule has 0 fully saturated rings. The van der Waals surface area contributed by atoms with Gasteiger partial charge in [-0.15, -0.1) is 0 Å². The van der Waals surface area contributed by atoms with E-state index in [1.54, 1.807) is 0 Å². The van der Waals surface area contributed by atoms with Crippen molar-refractivity contribution in [3.8, 4) is 22.4 Å². The molecule has 1 unspecified atom stereocenters. The molecule has 1 nitrogen and oxygen atoms in total. The Labute approximate surface area is 152 Å². The summed E-state index contributed by atoms with van der Waals surface area (Å²) >= 11 is 0. The smallest absolute Gasteiger partial charge is 0.193 e. The van der Waals surface area contributed by atoms with Crippen molar-refractivity contribution in [3.05, 3.63) is 78.5 Å². The van der Waals surface area contributed by atoms with Crippen LogP contribution in [-0.4, -0.2) is 0 Å². The van der Waals surface area contributed by atoms with Crippen molar-refractivity contribution in [2.75, 3.05) is 0 Å². The summed E-state index contributed by atoms with van der Waals surface area (Å²) < 4.78 is 2.53. The third kappa shape index (κ3) is 3.66. The van der Waals surface area contributed by atoms with Crippen LogP contribution in [0.2, 0.25) is 0 Å². The molecule has 128 valence electrons. The van der Waals surface area contributed by atoms with Gasteiger partial charge in [-0.1, -0.05) is 69.3 Å². The lowest BCUT2D eigenvalue weighted by Crippen LogP contribution is -2.44. The molecule has 3 aromatic rings. The SMILES string of the molecule is CCC(C)[n+]1c(-c2ccccc2)cc(-c2ccccc2)cc1C(C)C. The van der Waals surface area contributed by atoms with Crippen molar-refractivity contribution >= 4 is 0 Å². The summed E-state index contributed by atoms with van der Waals surface area (Å²) in [6, 6.07) is 26.7. The standard InChI is InChI=1S/C24H28N/c1-5-19(4)25-23(18(2)3)16-22(20-12-8-6-9-13-20)17-24(25)21-14-10-7-11-15-21/h6-19H,5H2,1-4H3/q+1. The van der Waals surface area contributed by atoms with E-state index in [0.29, 0.717) is 12.0 Å². The molecule has 0 radical (unpaired) electrons. The number of pyridine rings is 1. The lowest BCUT2D eigenvalue weighted by atomic mass is 9.97. The molecule has 3 rings (SSSR count). The van der Waals surface area contributed by atoms with Gasteiger partial charge < -0.3 is 0 Å². The van der Waals surface area contributed by atoms with E-state index in [1.807, 2.05) is 0 Å². The van der Waals surface area contributed by atoms with Crippen LogP contribution >= 0.6 is 0 Å². The minimum atomic E-state index is 0.470. The first-order chi connectivity index (χ1) is 12.1. The normalized spacial score (nSPS) is 12.4. The van der Waals surface area contributed by atoms with Crippen LogP contribution in [0.15, 0.2) is 72.8 Å². The number of nitrogens with zero attached hydrogens (tertiary/aromatic N) is 1. The molecular weight excluding hydrogens is 302 g/mol. The van der Waals surface area contributed by atoms with Gasteiger partial charge in [-0.05, 0) is 30.2 Å². The van der Waals surface area contributed by atoms with Crippen LogP contribution in [0, 0.1) is 0 Å². The van der Waals surface area contributed by atoms with Crippen molar-refractivity contribution < 1.29 is 4.57 Å². The first kappa shape index (κ1) is 17.4. The average molecular weight is 330 g/mol. The van der Waals surface area contributed by atoms with Gasteiger partial charge in [-0.2, -0.15) is 4.57 Å². The van der Waals surface area contributed by atoms with E-state index >= 15 is 0 Å². The Morgan fingerprint density at radius 2 is 1.28 bits per heavy atom. The van der Waals surface area contributed by atoms with E-state index in [9.17, 15) is 0 Å². The number of benzene rings is 2. The van der Waals surface area contributed by atoms with E-state index in [4.69, 9.17) is 0 Å². The molecular formula is C24H28N+. The summed E-state index contributed by atoms with van der Waals surface area (Å²) in [6.07, 6.45) is 1.12. The predicted molar refractivity (Wildman–Crippen MR) is 107 cm³/mol. The summed E-state index contributed by atoms with van der Waals surface area (Å²) in [5, 5.41) is 0. The van der Waals surface area contributed by atoms with Crippen LogP contribution in [0.1, 0.15) is 51.8 Å². The minimum Gasteiger partial charge on any atom is -0.193 e. The Bertz CT molecular complexity index is 819. The number of hydrogen-bond acceptors (Lipinski definition) is 0. The molecule has 1 heterocycles. The Balaban J connectivity index is 2.30. The topological polar surface area (TPSA) is 3.88 Å². The van der Waals surface area contributed by atoms with Crippen molar-refractivity contribution in [3.63, 3.8) is 0 Å². The first-order valence-corrected chi connectivity index (χ1v) is 9.32. The second-order valence-electron chi connectivity index (χ2n) is 7.07. The lowest BCUT2D eigenvalue weighted by Gasteiger charge is -2.18. The summed E-state index contributed by atoms with van der Waals surface area (Å²) in [7, 11) is 0. The monoisotopic (exact) mass is 330 g/mol. The van der Waals surface area contributed by atoms with Gasteiger partial charge in [0, 0.05) is 30.0 Å². The number of aromatic nitrogens is 1. The quantitative estimate of drug-likeness (QED) is 0.476. The van der Waals surface area contributed by atoms with Gasteiger partial charge in [0.15, 0.2) is 11.7 Å². The molecule has 0 aliphatic rings. The third-order valence-electron chi connectivity index (χ3n) is 4.93. The highest BCUT2D eigenvalue weighted by atomic mass is 15.0. The zero-order valence-electron chi connectivity index (χ0n) is 15.7. The molecule has 0 amide bonds. The zero-order chi connectivity index (χ0) is 17.8. The molecule has 25 heavy (non-hydrogen) atoms. The molecule has 0 aliphatic carbocycles. The summed E-state index contributed by atoms with van der Waals surface area (Å²) in [5.74, 6) is 0.472. The molecule has 1 heteroatoms. The van der Waals surface area contributed by atoms with Gasteiger partial charge >= 0.3 is 0 Å². The second-order valence-corrected chi connectivity index (χ2v) is 7.07. The first-order valence-electron chi connectivity index (χ1n) is 9.32. The van der Waals surface area contributed by atoms with Crippen molar-refractivity contribution in [1.82, 2.24) is 0 Å². The van der Waals surface area contributed by atoms with E-state index in [0.717, 1.165) is 6.42 Å². The fourth-order valence-electron chi connectivity index (χ4n) is 3.37. The number of rotatable bonds is 5. The maximum atomic E-state index is 2.53. The molecule has 0 bridgehead atoms. The third-order valence-corrected chi connectivity index (χ3v) is 4.93. The second kappa shape index (κ2) is 7.65. The van der Waals surface area contributed by atoms with Crippen LogP contribution < -0.4 is 4.57 Å². The van der Waals surface area contributed by atoms with Gasteiger partial charge in [-0.25, -0.2) is 0 Å². The van der Waals surface area contributed by atoms with E-state index in [1.165, 1.54) is 28.1 Å². The van der Waals surface area contributed by atoms with Gasteiger partial charge in [0.05, 0.1) is 0 Å². The van der Waals surface area contributed by atoms with Crippen molar-refractivity contribution in [2.24, 2.45) is 0 Å². The Hall–Kier alpha value is -2.41. The predicted octanol–water partition coefficient (Wildman–Crippen LogP) is 6.40.